The molecule has 0 radical (unpaired) electrons. The highest BCUT2D eigenvalue weighted by Gasteiger charge is 2.20. The van der Waals surface area contributed by atoms with Gasteiger partial charge in [0.05, 0.1) is 19.3 Å². The first kappa shape index (κ1) is 12.0. The molecule has 0 aliphatic carbocycles. The number of hydrogen-bond acceptors (Lipinski definition) is 3. The van der Waals surface area contributed by atoms with Gasteiger partial charge in [0.2, 0.25) is 0 Å². The van der Waals surface area contributed by atoms with Gasteiger partial charge in [-0.3, -0.25) is 0 Å². The van der Waals surface area contributed by atoms with Crippen molar-refractivity contribution in [3.63, 3.8) is 0 Å². The van der Waals surface area contributed by atoms with Gasteiger partial charge in [0.25, 0.3) is 0 Å². The Morgan fingerprint density at radius 3 is 2.57 bits per heavy atom. The summed E-state index contributed by atoms with van der Waals surface area (Å²) in [5.41, 5.74) is 0. The van der Waals surface area contributed by atoms with Gasteiger partial charge in [-0.1, -0.05) is 13.8 Å². The summed E-state index contributed by atoms with van der Waals surface area (Å²) in [5.74, 6) is 0. The second kappa shape index (κ2) is 6.38. The van der Waals surface area contributed by atoms with Gasteiger partial charge in [-0.15, -0.1) is 0 Å². The normalized spacial score (nSPS) is 19.7. The van der Waals surface area contributed by atoms with E-state index in [4.69, 9.17) is 9.47 Å². The molecule has 0 saturated carbocycles. The number of hydrogen-bond donors (Lipinski definition) is 1. The zero-order valence-electron chi connectivity index (χ0n) is 9.58. The first-order valence-electron chi connectivity index (χ1n) is 5.65. The fraction of sp³-hybridized carbons (Fsp3) is 1.00. The van der Waals surface area contributed by atoms with E-state index in [0.29, 0.717) is 18.2 Å². The molecule has 1 aliphatic heterocycles. The smallest absolute Gasteiger partial charge is 0.104 e. The molecular weight excluding hydrogens is 178 g/mol. The summed E-state index contributed by atoms with van der Waals surface area (Å²) >= 11 is 0. The van der Waals surface area contributed by atoms with E-state index in [0.717, 1.165) is 26.2 Å². The number of ether oxygens (including phenoxy) is 2. The van der Waals surface area contributed by atoms with E-state index >= 15 is 0 Å². The molecular formula is C11H23NO2. The highest BCUT2D eigenvalue weighted by Crippen LogP contribution is 2.11. The maximum absolute atomic E-state index is 5.74. The zero-order chi connectivity index (χ0) is 10.4. The van der Waals surface area contributed by atoms with E-state index in [1.165, 1.54) is 6.42 Å². The molecule has 3 nitrogen and oxygen atoms in total. The van der Waals surface area contributed by atoms with Crippen molar-refractivity contribution in [2.75, 3.05) is 19.8 Å². The molecule has 1 rings (SSSR count). The van der Waals surface area contributed by atoms with Crippen LogP contribution in [0.2, 0.25) is 0 Å². The van der Waals surface area contributed by atoms with Gasteiger partial charge in [0, 0.05) is 6.04 Å². The van der Waals surface area contributed by atoms with Crippen molar-refractivity contribution in [2.24, 2.45) is 0 Å². The Hall–Kier alpha value is -0.120. The van der Waals surface area contributed by atoms with Crippen LogP contribution in [0.1, 0.15) is 33.6 Å². The molecule has 3 heteroatoms. The quantitative estimate of drug-likeness (QED) is 0.634. The van der Waals surface area contributed by atoms with E-state index in [2.05, 4.69) is 26.1 Å². The third kappa shape index (κ3) is 4.94. The molecule has 1 aliphatic rings. The molecule has 0 amide bonds. The maximum Gasteiger partial charge on any atom is 0.104 e. The molecule has 1 saturated heterocycles. The van der Waals surface area contributed by atoms with Crippen molar-refractivity contribution >= 4 is 0 Å². The lowest BCUT2D eigenvalue weighted by Crippen LogP contribution is -2.38. The Balaban J connectivity index is 1.89. The van der Waals surface area contributed by atoms with Crippen molar-refractivity contribution in [3.8, 4) is 0 Å². The monoisotopic (exact) mass is 201 g/mol. The molecule has 1 N–H and O–H groups in total. The van der Waals surface area contributed by atoms with Gasteiger partial charge in [-0.25, -0.2) is 0 Å². The number of rotatable bonds is 7. The first-order valence-corrected chi connectivity index (χ1v) is 5.65. The molecule has 0 aromatic carbocycles. The van der Waals surface area contributed by atoms with Crippen LogP contribution in [0.3, 0.4) is 0 Å². The lowest BCUT2D eigenvalue weighted by Gasteiger charge is -2.29. The third-order valence-electron chi connectivity index (χ3n) is 2.37. The molecule has 0 bridgehead atoms. The minimum absolute atomic E-state index is 0.364. The fourth-order valence-electron chi connectivity index (χ4n) is 1.47. The molecule has 1 heterocycles. The van der Waals surface area contributed by atoms with Crippen molar-refractivity contribution in [1.82, 2.24) is 5.32 Å². The summed E-state index contributed by atoms with van der Waals surface area (Å²) < 4.78 is 10.8. The summed E-state index contributed by atoms with van der Waals surface area (Å²) in [7, 11) is 0. The van der Waals surface area contributed by atoms with E-state index in [-0.39, 0.29) is 0 Å². The van der Waals surface area contributed by atoms with E-state index in [9.17, 15) is 0 Å². The third-order valence-corrected chi connectivity index (χ3v) is 2.37. The molecule has 14 heavy (non-hydrogen) atoms. The van der Waals surface area contributed by atoms with Crippen LogP contribution < -0.4 is 5.32 Å². The second-order valence-corrected chi connectivity index (χ2v) is 4.36. The van der Waals surface area contributed by atoms with E-state index < -0.39 is 0 Å². The Bertz CT molecular complexity index is 146. The van der Waals surface area contributed by atoms with Gasteiger partial charge in [0.1, 0.15) is 6.10 Å². The molecule has 0 aromatic rings. The summed E-state index contributed by atoms with van der Waals surface area (Å²) in [5, 5.41) is 3.40. The van der Waals surface area contributed by atoms with Crippen molar-refractivity contribution in [1.29, 1.82) is 0 Å². The average Bonchev–Trinajstić information content (AvgIpc) is 2.05. The van der Waals surface area contributed by atoms with E-state index in [1.54, 1.807) is 0 Å². The predicted molar refractivity (Wildman–Crippen MR) is 57.5 cm³/mol. The maximum atomic E-state index is 5.74. The van der Waals surface area contributed by atoms with Crippen LogP contribution in [0.15, 0.2) is 0 Å². The SMILES string of the molecule is CC(C)NCCCC(C)OC1COC1. The predicted octanol–water partition coefficient (Wildman–Crippen LogP) is 1.57. The highest BCUT2D eigenvalue weighted by molar-refractivity contribution is 4.67. The van der Waals surface area contributed by atoms with Crippen LogP contribution in [0.5, 0.6) is 0 Å². The molecule has 0 spiro atoms. The van der Waals surface area contributed by atoms with Gasteiger partial charge in [-0.2, -0.15) is 0 Å². The minimum atomic E-state index is 0.364. The molecule has 1 atom stereocenters. The minimum Gasteiger partial charge on any atom is -0.376 e. The van der Waals surface area contributed by atoms with Crippen LogP contribution in [-0.4, -0.2) is 38.0 Å². The number of nitrogens with one attached hydrogen (secondary N) is 1. The highest BCUT2D eigenvalue weighted by atomic mass is 16.6. The van der Waals surface area contributed by atoms with Gasteiger partial charge in [0.15, 0.2) is 0 Å². The largest absolute Gasteiger partial charge is 0.376 e. The topological polar surface area (TPSA) is 30.5 Å². The van der Waals surface area contributed by atoms with Crippen molar-refractivity contribution < 1.29 is 9.47 Å². The average molecular weight is 201 g/mol. The second-order valence-electron chi connectivity index (χ2n) is 4.36. The molecule has 1 unspecified atom stereocenters. The van der Waals surface area contributed by atoms with E-state index in [1.807, 2.05) is 0 Å². The Morgan fingerprint density at radius 2 is 2.07 bits per heavy atom. The first-order chi connectivity index (χ1) is 6.68. The van der Waals surface area contributed by atoms with Crippen LogP contribution in [-0.2, 0) is 9.47 Å². The van der Waals surface area contributed by atoms with Gasteiger partial charge < -0.3 is 14.8 Å². The zero-order valence-corrected chi connectivity index (χ0v) is 9.58. The van der Waals surface area contributed by atoms with Crippen LogP contribution in [0, 0.1) is 0 Å². The fourth-order valence-corrected chi connectivity index (χ4v) is 1.47. The molecule has 0 aromatic heterocycles. The summed E-state index contributed by atoms with van der Waals surface area (Å²) in [6, 6.07) is 0.589. The Morgan fingerprint density at radius 1 is 1.36 bits per heavy atom. The van der Waals surface area contributed by atoms with Crippen LogP contribution >= 0.6 is 0 Å². The molecule has 84 valence electrons. The Kier molecular flexibility index (Phi) is 5.45. The standard InChI is InChI=1S/C11H23NO2/c1-9(2)12-6-4-5-10(3)14-11-7-13-8-11/h9-12H,4-8H2,1-3H3. The van der Waals surface area contributed by atoms with Crippen molar-refractivity contribution in [2.45, 2.75) is 51.9 Å². The molecule has 1 fully saturated rings. The van der Waals surface area contributed by atoms with Crippen molar-refractivity contribution in [3.05, 3.63) is 0 Å². The Labute approximate surface area is 87.2 Å². The lowest BCUT2D eigenvalue weighted by atomic mass is 10.2. The van der Waals surface area contributed by atoms with Gasteiger partial charge >= 0.3 is 0 Å². The van der Waals surface area contributed by atoms with Gasteiger partial charge in [-0.05, 0) is 26.3 Å². The van der Waals surface area contributed by atoms with Crippen LogP contribution in [0.4, 0.5) is 0 Å². The summed E-state index contributed by atoms with van der Waals surface area (Å²) in [4.78, 5) is 0. The lowest BCUT2D eigenvalue weighted by molar-refractivity contribution is -0.151. The summed E-state index contributed by atoms with van der Waals surface area (Å²) in [6.07, 6.45) is 3.06. The summed E-state index contributed by atoms with van der Waals surface area (Å²) in [6.45, 7) is 9.15. The van der Waals surface area contributed by atoms with Crippen LogP contribution in [0.25, 0.3) is 0 Å².